The van der Waals surface area contributed by atoms with Crippen LogP contribution in [0.4, 0.5) is 4.39 Å². The van der Waals surface area contributed by atoms with Crippen molar-refractivity contribution in [1.29, 1.82) is 0 Å². The van der Waals surface area contributed by atoms with Crippen molar-refractivity contribution in [2.24, 2.45) is 0 Å². The lowest BCUT2D eigenvalue weighted by molar-refractivity contribution is 0.000337. The number of benzene rings is 2. The van der Waals surface area contributed by atoms with Crippen molar-refractivity contribution in [2.45, 2.75) is 38.3 Å². The third kappa shape index (κ3) is 4.94. The molecule has 194 valence electrons. The largest absolute Gasteiger partial charge is 0.488 e. The van der Waals surface area contributed by atoms with Crippen LogP contribution in [0.15, 0.2) is 47.0 Å². The molecule has 5 rings (SSSR count). The van der Waals surface area contributed by atoms with Gasteiger partial charge in [0, 0.05) is 42.3 Å². The number of hydrogen-bond donors (Lipinski definition) is 2. The van der Waals surface area contributed by atoms with Crippen molar-refractivity contribution >= 4 is 16.8 Å². The number of likely N-dealkylation sites (tertiary alicyclic amines) is 1. The van der Waals surface area contributed by atoms with Crippen LogP contribution in [0, 0.1) is 5.82 Å². The normalized spacial score (nSPS) is 16.0. The van der Waals surface area contributed by atoms with E-state index in [2.05, 4.69) is 15.4 Å². The van der Waals surface area contributed by atoms with Crippen LogP contribution in [0.5, 0.6) is 5.75 Å². The zero-order chi connectivity index (χ0) is 26.2. The van der Waals surface area contributed by atoms with Gasteiger partial charge in [0.25, 0.3) is 5.91 Å². The summed E-state index contributed by atoms with van der Waals surface area (Å²) in [6.07, 6.45) is 1.65. The molecular formula is C27H29FN4O5. The molecule has 0 saturated carbocycles. The fraction of sp³-hybridized carbons (Fsp3) is 0.370. The van der Waals surface area contributed by atoms with Gasteiger partial charge in [-0.2, -0.15) is 5.10 Å². The summed E-state index contributed by atoms with van der Waals surface area (Å²) < 4.78 is 30.5. The van der Waals surface area contributed by atoms with Gasteiger partial charge in [0.15, 0.2) is 17.3 Å². The number of rotatable bonds is 8. The number of aromatic nitrogens is 3. The Labute approximate surface area is 213 Å². The van der Waals surface area contributed by atoms with Crippen LogP contribution in [-0.4, -0.2) is 69.8 Å². The maximum absolute atomic E-state index is 14.6. The summed E-state index contributed by atoms with van der Waals surface area (Å²) in [5, 5.41) is 22.3. The van der Waals surface area contributed by atoms with Gasteiger partial charge in [-0.3, -0.25) is 9.89 Å². The Hall–Kier alpha value is -3.76. The SMILES string of the molecule is COCCOc1cc2[nH]nc(-c3cc(-c4ccc(C(=O)N5CCC[C@H]5C(C)(C)O)cc4)no3)c2cc1F. The zero-order valence-electron chi connectivity index (χ0n) is 21.0. The molecule has 0 unspecified atom stereocenters. The van der Waals surface area contributed by atoms with E-state index in [1.54, 1.807) is 62.3 Å². The Morgan fingerprint density at radius 3 is 2.76 bits per heavy atom. The minimum Gasteiger partial charge on any atom is -0.488 e. The number of aromatic amines is 1. The predicted octanol–water partition coefficient (Wildman–Crippen LogP) is 4.42. The van der Waals surface area contributed by atoms with Gasteiger partial charge < -0.3 is 24.0 Å². The minimum atomic E-state index is -0.957. The summed E-state index contributed by atoms with van der Waals surface area (Å²) in [5.74, 6) is -0.141. The van der Waals surface area contributed by atoms with Crippen molar-refractivity contribution in [3.05, 3.63) is 53.8 Å². The van der Waals surface area contributed by atoms with Crippen LogP contribution in [-0.2, 0) is 4.74 Å². The molecule has 2 aromatic heterocycles. The fourth-order valence-corrected chi connectivity index (χ4v) is 4.77. The quantitative estimate of drug-likeness (QED) is 0.339. The first-order valence-corrected chi connectivity index (χ1v) is 12.2. The Bertz CT molecular complexity index is 1410. The average molecular weight is 509 g/mol. The number of methoxy groups -OCH3 is 1. The average Bonchev–Trinajstić information content (AvgIpc) is 3.63. The molecule has 9 nitrogen and oxygen atoms in total. The summed E-state index contributed by atoms with van der Waals surface area (Å²) in [5.41, 5.74) is 1.92. The molecule has 1 amide bonds. The topological polar surface area (TPSA) is 114 Å². The van der Waals surface area contributed by atoms with E-state index in [9.17, 15) is 14.3 Å². The van der Waals surface area contributed by atoms with E-state index >= 15 is 0 Å². The highest BCUT2D eigenvalue weighted by Crippen LogP contribution is 2.33. The summed E-state index contributed by atoms with van der Waals surface area (Å²) >= 11 is 0. The number of nitrogens with zero attached hydrogens (tertiary/aromatic N) is 3. The lowest BCUT2D eigenvalue weighted by Gasteiger charge is -2.33. The molecule has 3 heterocycles. The van der Waals surface area contributed by atoms with E-state index < -0.39 is 11.4 Å². The van der Waals surface area contributed by atoms with Gasteiger partial charge in [-0.15, -0.1) is 0 Å². The molecule has 2 N–H and O–H groups in total. The van der Waals surface area contributed by atoms with Crippen LogP contribution in [0.1, 0.15) is 37.0 Å². The van der Waals surface area contributed by atoms with E-state index in [4.69, 9.17) is 14.0 Å². The molecule has 0 aliphatic carbocycles. The first kappa shape index (κ1) is 24.9. The molecule has 10 heteroatoms. The van der Waals surface area contributed by atoms with Gasteiger partial charge in [-0.05, 0) is 44.9 Å². The molecule has 1 aliphatic heterocycles. The molecule has 0 radical (unpaired) electrons. The first-order chi connectivity index (χ1) is 17.8. The van der Waals surface area contributed by atoms with Crippen LogP contribution >= 0.6 is 0 Å². The third-order valence-electron chi connectivity index (χ3n) is 6.66. The number of ether oxygens (including phenoxy) is 2. The lowest BCUT2D eigenvalue weighted by Crippen LogP contribution is -2.48. The molecule has 0 spiro atoms. The molecule has 1 saturated heterocycles. The molecule has 37 heavy (non-hydrogen) atoms. The van der Waals surface area contributed by atoms with Crippen molar-refractivity contribution in [2.75, 3.05) is 26.9 Å². The monoisotopic (exact) mass is 508 g/mol. The van der Waals surface area contributed by atoms with Crippen molar-refractivity contribution < 1.29 is 28.3 Å². The zero-order valence-corrected chi connectivity index (χ0v) is 21.0. The lowest BCUT2D eigenvalue weighted by atomic mass is 9.96. The first-order valence-electron chi connectivity index (χ1n) is 12.2. The smallest absolute Gasteiger partial charge is 0.254 e. The number of aliphatic hydroxyl groups is 1. The van der Waals surface area contributed by atoms with Crippen molar-refractivity contribution in [3.63, 3.8) is 0 Å². The van der Waals surface area contributed by atoms with Crippen LogP contribution in [0.2, 0.25) is 0 Å². The second-order valence-electron chi connectivity index (χ2n) is 9.71. The number of H-pyrrole nitrogens is 1. The predicted molar refractivity (Wildman–Crippen MR) is 135 cm³/mol. The number of amides is 1. The molecule has 4 aromatic rings. The van der Waals surface area contributed by atoms with Gasteiger partial charge in [-0.1, -0.05) is 17.3 Å². The van der Waals surface area contributed by atoms with Crippen LogP contribution < -0.4 is 4.74 Å². The highest BCUT2D eigenvalue weighted by molar-refractivity contribution is 5.95. The highest BCUT2D eigenvalue weighted by Gasteiger charge is 2.38. The molecule has 0 bridgehead atoms. The molecule has 2 aromatic carbocycles. The van der Waals surface area contributed by atoms with E-state index in [-0.39, 0.29) is 24.3 Å². The number of halogens is 1. The number of hydrogen-bond acceptors (Lipinski definition) is 7. The molecule has 1 fully saturated rings. The number of fused-ring (bicyclic) bond motifs is 1. The van der Waals surface area contributed by atoms with Gasteiger partial charge in [0.1, 0.15) is 18.0 Å². The summed E-state index contributed by atoms with van der Waals surface area (Å²) in [7, 11) is 1.55. The molecular weight excluding hydrogens is 479 g/mol. The van der Waals surface area contributed by atoms with Crippen molar-refractivity contribution in [3.8, 4) is 28.5 Å². The summed E-state index contributed by atoms with van der Waals surface area (Å²) in [6, 6.07) is 11.5. The van der Waals surface area contributed by atoms with E-state index in [0.717, 1.165) is 18.4 Å². The maximum Gasteiger partial charge on any atom is 0.254 e. The number of carbonyl (C=O) groups excluding carboxylic acids is 1. The highest BCUT2D eigenvalue weighted by atomic mass is 19.1. The van der Waals surface area contributed by atoms with E-state index in [1.807, 2.05) is 0 Å². The Balaban J connectivity index is 1.35. The Kier molecular flexibility index (Phi) is 6.70. The van der Waals surface area contributed by atoms with E-state index in [0.29, 0.717) is 46.8 Å². The van der Waals surface area contributed by atoms with Gasteiger partial charge in [-0.25, -0.2) is 4.39 Å². The third-order valence-corrected chi connectivity index (χ3v) is 6.66. The van der Waals surface area contributed by atoms with E-state index in [1.165, 1.54) is 6.07 Å². The van der Waals surface area contributed by atoms with Crippen molar-refractivity contribution in [1.82, 2.24) is 20.3 Å². The minimum absolute atomic E-state index is 0.104. The maximum atomic E-state index is 14.6. The van der Waals surface area contributed by atoms with Gasteiger partial charge >= 0.3 is 0 Å². The second-order valence-corrected chi connectivity index (χ2v) is 9.71. The van der Waals surface area contributed by atoms with Gasteiger partial charge in [0.2, 0.25) is 0 Å². The summed E-state index contributed by atoms with van der Waals surface area (Å²) in [6.45, 7) is 4.68. The number of carbonyl (C=O) groups is 1. The Morgan fingerprint density at radius 2 is 2.03 bits per heavy atom. The second kappa shape index (κ2) is 9.95. The number of nitrogens with one attached hydrogen (secondary N) is 1. The Morgan fingerprint density at radius 1 is 1.24 bits per heavy atom. The van der Waals surface area contributed by atoms with Crippen LogP contribution in [0.25, 0.3) is 33.6 Å². The standard InChI is InChI=1S/C27H29FN4O5/c1-27(2,34)24-5-4-10-32(24)26(33)17-8-6-16(7-9-17)20-14-23(37-31-20)25-18-13-19(28)22(36-12-11-35-3)15-21(18)29-30-25/h6-9,13-15,24,34H,4-5,10-12H2,1-3H3,(H,29,30)/t24-/m0/s1. The van der Waals surface area contributed by atoms with Gasteiger partial charge in [0.05, 0.1) is 23.8 Å². The fourth-order valence-electron chi connectivity index (χ4n) is 4.77. The molecule has 1 atom stereocenters. The molecule has 1 aliphatic rings. The van der Waals surface area contributed by atoms with Crippen LogP contribution in [0.3, 0.4) is 0 Å². The summed E-state index contributed by atoms with van der Waals surface area (Å²) in [4.78, 5) is 14.8.